The van der Waals surface area contributed by atoms with Crippen LogP contribution in [0.5, 0.6) is 0 Å². The van der Waals surface area contributed by atoms with Gasteiger partial charge in [0.2, 0.25) is 0 Å². The quantitative estimate of drug-likeness (QED) is 0.823. The summed E-state index contributed by atoms with van der Waals surface area (Å²) in [5.74, 6) is 0. The molecule has 1 atom stereocenters. The first-order valence-electron chi connectivity index (χ1n) is 6.34. The maximum atomic E-state index is 4.51. The first-order chi connectivity index (χ1) is 8.25. The van der Waals surface area contributed by atoms with Crippen LogP contribution in [0.25, 0.3) is 0 Å². The monoisotopic (exact) mass is 254 g/mol. The van der Waals surface area contributed by atoms with E-state index >= 15 is 0 Å². The van der Waals surface area contributed by atoms with Crippen LogP contribution in [-0.2, 0) is 0 Å². The fraction of sp³-hybridized carbons (Fsp3) is 0.750. The van der Waals surface area contributed by atoms with Crippen LogP contribution in [0.2, 0.25) is 0 Å². The molecule has 1 aromatic rings. The molecule has 2 rings (SSSR count). The van der Waals surface area contributed by atoms with Crippen molar-refractivity contribution in [3.63, 3.8) is 0 Å². The Morgan fingerprint density at radius 1 is 1.53 bits per heavy atom. The van der Waals surface area contributed by atoms with Crippen molar-refractivity contribution in [3.8, 4) is 0 Å². The molecule has 0 bridgehead atoms. The van der Waals surface area contributed by atoms with E-state index in [-0.39, 0.29) is 0 Å². The van der Waals surface area contributed by atoms with E-state index in [9.17, 15) is 0 Å². The third-order valence-corrected chi connectivity index (χ3v) is 4.24. The lowest BCUT2D eigenvalue weighted by Crippen LogP contribution is -2.45. The van der Waals surface area contributed by atoms with E-state index in [1.54, 1.807) is 11.3 Å². The second kappa shape index (κ2) is 6.44. The summed E-state index contributed by atoms with van der Waals surface area (Å²) in [4.78, 5) is 7.01. The summed E-state index contributed by atoms with van der Waals surface area (Å²) in [6, 6.07) is 0.372. The molecule has 2 N–H and O–H groups in total. The molecule has 0 amide bonds. The summed E-state index contributed by atoms with van der Waals surface area (Å²) >= 11 is 1.75. The van der Waals surface area contributed by atoms with Gasteiger partial charge in [0, 0.05) is 50.3 Å². The molecule has 0 radical (unpaired) electrons. The zero-order valence-corrected chi connectivity index (χ0v) is 11.5. The van der Waals surface area contributed by atoms with Crippen molar-refractivity contribution in [2.45, 2.75) is 19.9 Å². The molecule has 96 valence electrons. The van der Waals surface area contributed by atoms with Crippen molar-refractivity contribution in [2.24, 2.45) is 0 Å². The summed E-state index contributed by atoms with van der Waals surface area (Å²) < 4.78 is 0. The normalized spacial score (nSPS) is 19.4. The van der Waals surface area contributed by atoms with Crippen LogP contribution < -0.4 is 10.6 Å². The topological polar surface area (TPSA) is 40.2 Å². The zero-order chi connectivity index (χ0) is 12.1. The molecule has 1 aliphatic heterocycles. The maximum absolute atomic E-state index is 4.51. The summed E-state index contributed by atoms with van der Waals surface area (Å²) in [6.07, 6.45) is 0. The number of aromatic nitrogens is 1. The van der Waals surface area contributed by atoms with Gasteiger partial charge in [0.25, 0.3) is 0 Å². The Morgan fingerprint density at radius 2 is 2.29 bits per heavy atom. The third kappa shape index (κ3) is 4.03. The summed E-state index contributed by atoms with van der Waals surface area (Å²) in [5, 5.41) is 10.2. The second-order valence-corrected chi connectivity index (χ2v) is 5.48. The lowest BCUT2D eigenvalue weighted by molar-refractivity contribution is 0.238. The fourth-order valence-corrected chi connectivity index (χ4v) is 2.86. The van der Waals surface area contributed by atoms with E-state index in [0.29, 0.717) is 6.04 Å². The molecule has 0 saturated carbocycles. The largest absolute Gasteiger partial charge is 0.314 e. The van der Waals surface area contributed by atoms with E-state index in [4.69, 9.17) is 0 Å². The molecule has 1 fully saturated rings. The van der Waals surface area contributed by atoms with Gasteiger partial charge in [-0.15, -0.1) is 11.3 Å². The predicted octanol–water partition coefficient (Wildman–Crippen LogP) is 1.01. The second-order valence-electron chi connectivity index (χ2n) is 4.59. The van der Waals surface area contributed by atoms with Crippen molar-refractivity contribution >= 4 is 11.3 Å². The Labute approximate surface area is 107 Å². The van der Waals surface area contributed by atoms with Gasteiger partial charge in [0.15, 0.2) is 0 Å². The summed E-state index contributed by atoms with van der Waals surface area (Å²) in [6.45, 7) is 11.0. The Kier molecular flexibility index (Phi) is 4.91. The number of nitrogens with one attached hydrogen (secondary N) is 2. The first-order valence-corrected chi connectivity index (χ1v) is 7.22. The lowest BCUT2D eigenvalue weighted by atomic mass is 10.3. The number of hydrogen-bond donors (Lipinski definition) is 2. The van der Waals surface area contributed by atoms with Crippen molar-refractivity contribution in [1.82, 2.24) is 20.5 Å². The number of rotatable bonds is 5. The minimum Gasteiger partial charge on any atom is -0.314 e. The number of hydrogen-bond acceptors (Lipinski definition) is 5. The van der Waals surface area contributed by atoms with Crippen LogP contribution in [-0.4, -0.2) is 49.2 Å². The highest BCUT2D eigenvalue weighted by Gasteiger charge is 2.11. The highest BCUT2D eigenvalue weighted by molar-refractivity contribution is 7.09. The maximum Gasteiger partial charge on any atom is 0.110 e. The molecule has 4 nitrogen and oxygen atoms in total. The average Bonchev–Trinajstić information content (AvgIpc) is 2.77. The van der Waals surface area contributed by atoms with Crippen LogP contribution in [0.3, 0.4) is 0 Å². The minimum atomic E-state index is 0.372. The molecule has 1 aromatic heterocycles. The molecular formula is C12H22N4S. The highest BCUT2D eigenvalue weighted by atomic mass is 32.1. The molecule has 1 aliphatic rings. The van der Waals surface area contributed by atoms with E-state index < -0.39 is 0 Å². The van der Waals surface area contributed by atoms with Crippen molar-refractivity contribution in [3.05, 3.63) is 16.1 Å². The average molecular weight is 254 g/mol. The van der Waals surface area contributed by atoms with Crippen LogP contribution in [0.1, 0.15) is 23.7 Å². The van der Waals surface area contributed by atoms with Gasteiger partial charge in [-0.3, -0.25) is 4.90 Å². The molecule has 17 heavy (non-hydrogen) atoms. The van der Waals surface area contributed by atoms with Crippen molar-refractivity contribution in [2.75, 3.05) is 39.3 Å². The summed E-state index contributed by atoms with van der Waals surface area (Å²) in [7, 11) is 0. The number of piperazine rings is 1. The lowest BCUT2D eigenvalue weighted by Gasteiger charge is -2.27. The Morgan fingerprint density at radius 3 is 2.94 bits per heavy atom. The van der Waals surface area contributed by atoms with Gasteiger partial charge in [-0.2, -0.15) is 0 Å². The van der Waals surface area contributed by atoms with Crippen LogP contribution in [0.15, 0.2) is 5.38 Å². The van der Waals surface area contributed by atoms with Crippen LogP contribution in [0.4, 0.5) is 0 Å². The number of aryl methyl sites for hydroxylation is 1. The Hall–Kier alpha value is -0.490. The molecule has 1 unspecified atom stereocenters. The van der Waals surface area contributed by atoms with E-state index in [1.807, 2.05) is 6.92 Å². The van der Waals surface area contributed by atoms with Gasteiger partial charge in [-0.1, -0.05) is 0 Å². The van der Waals surface area contributed by atoms with E-state index in [1.165, 1.54) is 18.1 Å². The first kappa shape index (κ1) is 13.0. The molecule has 0 spiro atoms. The van der Waals surface area contributed by atoms with E-state index in [0.717, 1.165) is 31.9 Å². The Balaban J connectivity index is 1.67. The zero-order valence-electron chi connectivity index (χ0n) is 10.7. The number of thiazole rings is 1. The van der Waals surface area contributed by atoms with Crippen LogP contribution in [0, 0.1) is 6.92 Å². The van der Waals surface area contributed by atoms with Crippen molar-refractivity contribution in [1.29, 1.82) is 0 Å². The standard InChI is InChI=1S/C12H22N4S/c1-10-9-17-12(15-10)11(2)14-5-8-16-6-3-13-4-7-16/h9,11,13-14H,3-8H2,1-2H3. The number of nitrogens with zero attached hydrogens (tertiary/aromatic N) is 2. The minimum absolute atomic E-state index is 0.372. The van der Waals surface area contributed by atoms with E-state index in [2.05, 4.69) is 32.8 Å². The smallest absolute Gasteiger partial charge is 0.110 e. The van der Waals surface area contributed by atoms with Gasteiger partial charge in [-0.05, 0) is 13.8 Å². The van der Waals surface area contributed by atoms with Crippen LogP contribution >= 0.6 is 11.3 Å². The molecule has 2 heterocycles. The predicted molar refractivity (Wildman–Crippen MR) is 72.6 cm³/mol. The molecule has 5 heteroatoms. The Bertz CT molecular complexity index is 333. The third-order valence-electron chi connectivity index (χ3n) is 3.10. The summed E-state index contributed by atoms with van der Waals surface area (Å²) in [5.41, 5.74) is 1.13. The molecule has 1 saturated heterocycles. The molecule has 0 aromatic carbocycles. The highest BCUT2D eigenvalue weighted by Crippen LogP contribution is 2.16. The van der Waals surface area contributed by atoms with Gasteiger partial charge in [0.1, 0.15) is 5.01 Å². The molecular weight excluding hydrogens is 232 g/mol. The fourth-order valence-electron chi connectivity index (χ4n) is 2.03. The van der Waals surface area contributed by atoms with Crippen molar-refractivity contribution < 1.29 is 0 Å². The van der Waals surface area contributed by atoms with Gasteiger partial charge in [-0.25, -0.2) is 4.98 Å². The van der Waals surface area contributed by atoms with Gasteiger partial charge < -0.3 is 10.6 Å². The SMILES string of the molecule is Cc1csc(C(C)NCCN2CCNCC2)n1. The molecule has 0 aliphatic carbocycles. The van der Waals surface area contributed by atoms with Gasteiger partial charge >= 0.3 is 0 Å². The van der Waals surface area contributed by atoms with Gasteiger partial charge in [0.05, 0.1) is 6.04 Å².